The highest BCUT2D eigenvalue weighted by molar-refractivity contribution is 6.03. The fourth-order valence-corrected chi connectivity index (χ4v) is 4.38. The van der Waals surface area contributed by atoms with Gasteiger partial charge in [0.25, 0.3) is 5.91 Å². The maximum Gasteiger partial charge on any atom is 0.328 e. The average molecular weight is 466 g/mol. The lowest BCUT2D eigenvalue weighted by Gasteiger charge is -2.41. The maximum absolute atomic E-state index is 13.1. The summed E-state index contributed by atoms with van der Waals surface area (Å²) in [6.45, 7) is 2.70. The number of aliphatic hydroxyl groups excluding tert-OH is 1. The van der Waals surface area contributed by atoms with Crippen LogP contribution in [0.4, 0.5) is 4.79 Å². The Hall–Kier alpha value is -3.59. The molecule has 4 rings (SSSR count). The molecule has 3 atom stereocenters. The fraction of sp³-hybridized carbons (Fsp3) is 0.400. The van der Waals surface area contributed by atoms with E-state index in [1.165, 1.54) is 11.9 Å². The minimum atomic E-state index is -0.880. The molecule has 1 saturated heterocycles. The van der Waals surface area contributed by atoms with E-state index in [2.05, 4.69) is 0 Å². The van der Waals surface area contributed by atoms with Crippen molar-refractivity contribution in [3.63, 3.8) is 0 Å². The van der Waals surface area contributed by atoms with Gasteiger partial charge in [-0.05, 0) is 24.1 Å². The van der Waals surface area contributed by atoms with E-state index in [4.69, 9.17) is 9.73 Å². The minimum Gasteiger partial charge on any atom is -0.491 e. The number of ether oxygens (including phenoxy) is 1. The number of fused-ring (bicyclic) bond motifs is 1. The first-order valence-electron chi connectivity index (χ1n) is 11.3. The summed E-state index contributed by atoms with van der Waals surface area (Å²) in [5.74, 6) is 0.916. The predicted molar refractivity (Wildman–Crippen MR) is 128 cm³/mol. The molecule has 180 valence electrons. The lowest BCUT2D eigenvalue weighted by Crippen LogP contribution is -2.65. The molecular formula is C25H31N5O4. The zero-order valence-electron chi connectivity index (χ0n) is 20.0. The summed E-state index contributed by atoms with van der Waals surface area (Å²) in [6, 6.07) is 16.4. The van der Waals surface area contributed by atoms with E-state index >= 15 is 0 Å². The van der Waals surface area contributed by atoms with Gasteiger partial charge in [0.2, 0.25) is 0 Å². The smallest absolute Gasteiger partial charge is 0.328 e. The molecule has 9 nitrogen and oxygen atoms in total. The monoisotopic (exact) mass is 465 g/mol. The standard InChI is InChI=1S/C25H31N5O4/c1-17-10-8-9-13-20(17)34-16-19(31)15-30-21-22(28(3)25(33)29(4)23(21)32)26-24(30)27(2)14-18-11-6-5-7-12-18/h5-13,19,21-22,31H,14-16H2,1-4H3. The Labute approximate surface area is 199 Å². The van der Waals surface area contributed by atoms with Crippen molar-refractivity contribution in [2.24, 2.45) is 4.99 Å². The van der Waals surface area contributed by atoms with E-state index in [0.717, 1.165) is 16.0 Å². The number of benzene rings is 2. The Balaban J connectivity index is 1.55. The van der Waals surface area contributed by atoms with Crippen LogP contribution in [0.15, 0.2) is 59.6 Å². The number of nitrogens with zero attached hydrogens (tertiary/aromatic N) is 5. The molecule has 1 N–H and O–H groups in total. The van der Waals surface area contributed by atoms with Gasteiger partial charge in [0.15, 0.2) is 18.2 Å². The first-order valence-corrected chi connectivity index (χ1v) is 11.3. The van der Waals surface area contributed by atoms with Gasteiger partial charge >= 0.3 is 6.03 Å². The SMILES string of the molecule is Cc1ccccc1OCC(O)CN1C(N(C)Cc2ccccc2)=NC2C1C(=O)N(C)C(=O)N2C. The third kappa shape index (κ3) is 4.56. The number of aryl methyl sites for hydroxylation is 1. The van der Waals surface area contributed by atoms with Crippen LogP contribution >= 0.6 is 0 Å². The number of β-amino-alcohol motifs (C(OH)–C–C–N with tert-alkyl or cyclic N) is 1. The van der Waals surface area contributed by atoms with Gasteiger partial charge in [-0.2, -0.15) is 0 Å². The zero-order chi connectivity index (χ0) is 24.4. The minimum absolute atomic E-state index is 0.0627. The molecule has 0 bridgehead atoms. The predicted octanol–water partition coefficient (Wildman–Crippen LogP) is 1.76. The van der Waals surface area contributed by atoms with Crippen molar-refractivity contribution in [1.82, 2.24) is 19.6 Å². The van der Waals surface area contributed by atoms with Crippen LogP contribution in [0.1, 0.15) is 11.1 Å². The number of guanidine groups is 1. The molecule has 2 aromatic carbocycles. The second-order valence-electron chi connectivity index (χ2n) is 8.80. The number of aliphatic imine (C=N–C) groups is 1. The van der Waals surface area contributed by atoms with Crippen molar-refractivity contribution >= 4 is 17.9 Å². The van der Waals surface area contributed by atoms with Crippen LogP contribution in [0.2, 0.25) is 0 Å². The van der Waals surface area contributed by atoms with Crippen molar-refractivity contribution in [1.29, 1.82) is 0 Å². The van der Waals surface area contributed by atoms with Crippen LogP contribution < -0.4 is 4.74 Å². The highest BCUT2D eigenvalue weighted by atomic mass is 16.5. The quantitative estimate of drug-likeness (QED) is 0.670. The van der Waals surface area contributed by atoms with Crippen molar-refractivity contribution in [2.75, 3.05) is 34.3 Å². The van der Waals surface area contributed by atoms with E-state index in [1.807, 2.05) is 73.5 Å². The van der Waals surface area contributed by atoms with Crippen LogP contribution in [-0.4, -0.2) is 95.2 Å². The number of carbonyl (C=O) groups is 2. The summed E-state index contributed by atoms with van der Waals surface area (Å²) in [5, 5.41) is 10.9. The van der Waals surface area contributed by atoms with E-state index in [9.17, 15) is 14.7 Å². The maximum atomic E-state index is 13.1. The van der Waals surface area contributed by atoms with Gasteiger partial charge in [-0.15, -0.1) is 0 Å². The molecule has 0 aliphatic carbocycles. The van der Waals surface area contributed by atoms with Gasteiger partial charge in [0.05, 0.1) is 6.54 Å². The summed E-state index contributed by atoms with van der Waals surface area (Å²) in [5.41, 5.74) is 2.06. The molecule has 0 spiro atoms. The number of para-hydroxylation sites is 1. The molecule has 9 heteroatoms. The molecule has 2 aliphatic rings. The second kappa shape index (κ2) is 9.72. The molecule has 0 saturated carbocycles. The number of rotatable bonds is 7. The van der Waals surface area contributed by atoms with Crippen LogP contribution in [0.5, 0.6) is 5.75 Å². The molecule has 2 aliphatic heterocycles. The lowest BCUT2D eigenvalue weighted by atomic mass is 10.1. The molecular weight excluding hydrogens is 434 g/mol. The first-order chi connectivity index (χ1) is 16.3. The first kappa shape index (κ1) is 23.6. The van der Waals surface area contributed by atoms with Gasteiger partial charge in [0, 0.05) is 27.7 Å². The van der Waals surface area contributed by atoms with Gasteiger partial charge in [0.1, 0.15) is 18.5 Å². The third-order valence-electron chi connectivity index (χ3n) is 6.23. The summed E-state index contributed by atoms with van der Waals surface area (Å²) in [4.78, 5) is 36.7. The van der Waals surface area contributed by atoms with Crippen LogP contribution in [-0.2, 0) is 11.3 Å². The Morgan fingerprint density at radius 2 is 1.76 bits per heavy atom. The highest BCUT2D eigenvalue weighted by Gasteiger charge is 2.52. The number of hydrogen-bond acceptors (Lipinski definition) is 7. The third-order valence-corrected chi connectivity index (χ3v) is 6.23. The zero-order valence-corrected chi connectivity index (χ0v) is 20.0. The normalized spacial score (nSPS) is 20.9. The van der Waals surface area contributed by atoms with Gasteiger partial charge in [-0.1, -0.05) is 48.5 Å². The highest BCUT2D eigenvalue weighted by Crippen LogP contribution is 2.29. The van der Waals surface area contributed by atoms with Crippen molar-refractivity contribution in [2.45, 2.75) is 31.8 Å². The summed E-state index contributed by atoms with van der Waals surface area (Å²) in [6.07, 6.45) is -1.54. The largest absolute Gasteiger partial charge is 0.491 e. The Morgan fingerprint density at radius 1 is 1.09 bits per heavy atom. The van der Waals surface area contributed by atoms with E-state index in [1.54, 1.807) is 11.9 Å². The van der Waals surface area contributed by atoms with Gasteiger partial charge < -0.3 is 24.5 Å². The fourth-order valence-electron chi connectivity index (χ4n) is 4.38. The number of hydrogen-bond donors (Lipinski definition) is 1. The molecule has 0 radical (unpaired) electrons. The van der Waals surface area contributed by atoms with Gasteiger partial charge in [-0.3, -0.25) is 9.69 Å². The summed E-state index contributed by atoms with van der Waals surface area (Å²) >= 11 is 0. The molecule has 0 aromatic heterocycles. The van der Waals surface area contributed by atoms with Crippen molar-refractivity contribution < 1.29 is 19.4 Å². The molecule has 2 aromatic rings. The van der Waals surface area contributed by atoms with E-state index in [-0.39, 0.29) is 19.1 Å². The second-order valence-corrected chi connectivity index (χ2v) is 8.80. The Morgan fingerprint density at radius 3 is 2.47 bits per heavy atom. The molecule has 34 heavy (non-hydrogen) atoms. The Bertz CT molecular complexity index is 1080. The summed E-state index contributed by atoms with van der Waals surface area (Å²) in [7, 11) is 5.00. The van der Waals surface area contributed by atoms with E-state index < -0.39 is 24.3 Å². The number of urea groups is 1. The number of carbonyl (C=O) groups excluding carboxylic acids is 2. The van der Waals surface area contributed by atoms with Gasteiger partial charge in [-0.25, -0.2) is 9.79 Å². The molecule has 3 unspecified atom stereocenters. The molecule has 2 heterocycles. The number of aliphatic hydroxyl groups is 1. The number of likely N-dealkylation sites (N-methyl/N-ethyl adjacent to an activating group) is 2. The van der Waals surface area contributed by atoms with Crippen LogP contribution in [0.25, 0.3) is 0 Å². The number of amides is 3. The number of imide groups is 1. The summed E-state index contributed by atoms with van der Waals surface area (Å²) < 4.78 is 5.83. The lowest BCUT2D eigenvalue weighted by molar-refractivity contribution is -0.136. The Kier molecular flexibility index (Phi) is 6.74. The van der Waals surface area contributed by atoms with Crippen molar-refractivity contribution in [3.8, 4) is 5.75 Å². The molecule has 1 fully saturated rings. The average Bonchev–Trinajstić information content (AvgIpc) is 3.21. The van der Waals surface area contributed by atoms with Crippen molar-refractivity contribution in [3.05, 3.63) is 65.7 Å². The molecule has 3 amide bonds. The topological polar surface area (TPSA) is 88.9 Å². The van der Waals surface area contributed by atoms with Crippen LogP contribution in [0.3, 0.4) is 0 Å². The van der Waals surface area contributed by atoms with Crippen LogP contribution in [0, 0.1) is 6.92 Å². The van der Waals surface area contributed by atoms with E-state index in [0.29, 0.717) is 18.3 Å².